The Bertz CT molecular complexity index is 878. The maximum atomic E-state index is 11.2. The smallest absolute Gasteiger partial charge is 0.212 e. The Morgan fingerprint density at radius 2 is 1.92 bits per heavy atom. The van der Waals surface area contributed by atoms with Crippen molar-refractivity contribution in [2.24, 2.45) is 0 Å². The molecule has 2 aromatic heterocycles. The quantitative estimate of drug-likeness (QED) is 0.771. The van der Waals surface area contributed by atoms with Gasteiger partial charge in [0.2, 0.25) is 5.88 Å². The van der Waals surface area contributed by atoms with Gasteiger partial charge in [0, 0.05) is 53.6 Å². The number of hydrogen-bond donors (Lipinski definition) is 2. The van der Waals surface area contributed by atoms with Crippen LogP contribution in [0.5, 0.6) is 5.88 Å². The van der Waals surface area contributed by atoms with Gasteiger partial charge in [-0.15, -0.1) is 0 Å². The molecule has 1 aromatic carbocycles. The summed E-state index contributed by atoms with van der Waals surface area (Å²) < 4.78 is 5.13. The van der Waals surface area contributed by atoms with E-state index in [1.807, 2.05) is 24.5 Å². The molecule has 5 heteroatoms. The van der Waals surface area contributed by atoms with Gasteiger partial charge in [0.15, 0.2) is 0 Å². The number of likely N-dealkylation sites (tertiary alicyclic amines) is 1. The van der Waals surface area contributed by atoms with E-state index in [9.17, 15) is 5.11 Å². The van der Waals surface area contributed by atoms with Crippen molar-refractivity contribution in [2.45, 2.75) is 18.4 Å². The molecule has 5 nitrogen and oxygen atoms in total. The first-order valence-corrected chi connectivity index (χ1v) is 8.62. The lowest BCUT2D eigenvalue weighted by molar-refractivity contribution is -0.0190. The molecule has 0 atom stereocenters. The normalized spacial score (nSPS) is 17.7. The molecular formula is C20H23N3O2. The minimum absolute atomic E-state index is 0.604. The Hall–Kier alpha value is -2.37. The SMILES string of the molecule is COc1ccc(-c2ccc3[nH]cc(C4(O)CCN(C)CC4)c3c2)cn1. The Labute approximate surface area is 147 Å². The molecule has 0 bridgehead atoms. The second-order valence-corrected chi connectivity index (χ2v) is 6.89. The number of nitrogens with zero attached hydrogens (tertiary/aromatic N) is 2. The van der Waals surface area contributed by atoms with E-state index < -0.39 is 5.60 Å². The molecule has 1 aliphatic heterocycles. The number of aromatic nitrogens is 2. The summed E-state index contributed by atoms with van der Waals surface area (Å²) in [6, 6.07) is 10.1. The first kappa shape index (κ1) is 16.1. The largest absolute Gasteiger partial charge is 0.481 e. The van der Waals surface area contributed by atoms with Gasteiger partial charge in [0.05, 0.1) is 12.7 Å². The van der Waals surface area contributed by atoms with Crippen molar-refractivity contribution in [3.05, 3.63) is 48.3 Å². The maximum Gasteiger partial charge on any atom is 0.212 e. The molecule has 130 valence electrons. The Balaban J connectivity index is 1.74. The van der Waals surface area contributed by atoms with Crippen LogP contribution >= 0.6 is 0 Å². The molecule has 1 aliphatic rings. The lowest BCUT2D eigenvalue weighted by Crippen LogP contribution is -2.40. The van der Waals surface area contributed by atoms with E-state index in [-0.39, 0.29) is 0 Å². The minimum Gasteiger partial charge on any atom is -0.481 e. The summed E-state index contributed by atoms with van der Waals surface area (Å²) in [5, 5.41) is 12.3. The minimum atomic E-state index is -0.762. The maximum absolute atomic E-state index is 11.2. The Kier molecular flexibility index (Phi) is 3.98. The van der Waals surface area contributed by atoms with Gasteiger partial charge >= 0.3 is 0 Å². The number of aliphatic hydroxyl groups is 1. The van der Waals surface area contributed by atoms with Crippen molar-refractivity contribution in [3.8, 4) is 17.0 Å². The lowest BCUT2D eigenvalue weighted by Gasteiger charge is -2.36. The van der Waals surface area contributed by atoms with Crippen LogP contribution in [0.1, 0.15) is 18.4 Å². The molecule has 4 rings (SSSR count). The van der Waals surface area contributed by atoms with Crippen molar-refractivity contribution >= 4 is 10.9 Å². The number of hydrogen-bond acceptors (Lipinski definition) is 4. The Morgan fingerprint density at radius 1 is 1.16 bits per heavy atom. The van der Waals surface area contributed by atoms with Gasteiger partial charge in [-0.2, -0.15) is 0 Å². The summed E-state index contributed by atoms with van der Waals surface area (Å²) in [5.74, 6) is 0.604. The predicted molar refractivity (Wildman–Crippen MR) is 98.7 cm³/mol. The van der Waals surface area contributed by atoms with Crippen LogP contribution in [0.25, 0.3) is 22.0 Å². The van der Waals surface area contributed by atoms with E-state index in [2.05, 4.69) is 40.1 Å². The summed E-state index contributed by atoms with van der Waals surface area (Å²) in [6.45, 7) is 1.82. The molecule has 25 heavy (non-hydrogen) atoms. The zero-order chi connectivity index (χ0) is 17.4. The number of nitrogens with one attached hydrogen (secondary N) is 1. The third-order valence-corrected chi connectivity index (χ3v) is 5.28. The summed E-state index contributed by atoms with van der Waals surface area (Å²) >= 11 is 0. The molecule has 3 heterocycles. The van der Waals surface area contributed by atoms with Crippen LogP contribution in [0, 0.1) is 0 Å². The summed E-state index contributed by atoms with van der Waals surface area (Å²) in [6.07, 6.45) is 5.29. The number of rotatable bonds is 3. The molecule has 2 N–H and O–H groups in total. The average molecular weight is 337 g/mol. The van der Waals surface area contributed by atoms with Crippen LogP contribution in [0.2, 0.25) is 0 Å². The van der Waals surface area contributed by atoms with E-state index in [1.165, 1.54) is 0 Å². The number of benzene rings is 1. The van der Waals surface area contributed by atoms with Gasteiger partial charge in [-0.1, -0.05) is 6.07 Å². The first-order valence-electron chi connectivity index (χ1n) is 8.62. The van der Waals surface area contributed by atoms with Crippen LogP contribution in [0.15, 0.2) is 42.7 Å². The fraction of sp³-hybridized carbons (Fsp3) is 0.350. The van der Waals surface area contributed by atoms with E-state index >= 15 is 0 Å². The van der Waals surface area contributed by atoms with Crippen molar-refractivity contribution < 1.29 is 9.84 Å². The molecule has 0 unspecified atom stereocenters. The molecule has 1 saturated heterocycles. The molecule has 0 saturated carbocycles. The summed E-state index contributed by atoms with van der Waals surface area (Å²) in [5.41, 5.74) is 3.40. The number of ether oxygens (including phenoxy) is 1. The number of piperidine rings is 1. The van der Waals surface area contributed by atoms with Crippen molar-refractivity contribution in [1.29, 1.82) is 0 Å². The molecule has 0 radical (unpaired) electrons. The van der Waals surface area contributed by atoms with E-state index in [0.717, 1.165) is 53.5 Å². The van der Waals surface area contributed by atoms with Gasteiger partial charge in [-0.3, -0.25) is 0 Å². The molecule has 0 spiro atoms. The van der Waals surface area contributed by atoms with Crippen molar-refractivity contribution in [1.82, 2.24) is 14.9 Å². The molecular weight excluding hydrogens is 314 g/mol. The number of pyridine rings is 1. The highest BCUT2D eigenvalue weighted by Crippen LogP contribution is 2.38. The van der Waals surface area contributed by atoms with Crippen LogP contribution in [-0.2, 0) is 5.60 Å². The third-order valence-electron chi connectivity index (χ3n) is 5.28. The van der Waals surface area contributed by atoms with Crippen molar-refractivity contribution in [2.75, 3.05) is 27.2 Å². The van der Waals surface area contributed by atoms with Gasteiger partial charge in [0.25, 0.3) is 0 Å². The number of H-pyrrole nitrogens is 1. The highest BCUT2D eigenvalue weighted by atomic mass is 16.5. The molecule has 1 fully saturated rings. The van der Waals surface area contributed by atoms with Crippen LogP contribution < -0.4 is 4.74 Å². The Morgan fingerprint density at radius 3 is 2.60 bits per heavy atom. The topological polar surface area (TPSA) is 61.4 Å². The van der Waals surface area contributed by atoms with Gasteiger partial charge in [-0.25, -0.2) is 4.98 Å². The predicted octanol–water partition coefficient (Wildman–Crippen LogP) is 3.15. The first-order chi connectivity index (χ1) is 12.1. The molecule has 0 aliphatic carbocycles. The standard InChI is InChI=1S/C20H23N3O2/c1-23-9-7-20(24,8-10-23)17-13-21-18-5-3-14(11-16(17)18)15-4-6-19(25-2)22-12-15/h3-6,11-13,21,24H,7-10H2,1-2H3. The fourth-order valence-corrected chi connectivity index (χ4v) is 3.61. The lowest BCUT2D eigenvalue weighted by atomic mass is 9.84. The highest BCUT2D eigenvalue weighted by molar-refractivity contribution is 5.88. The zero-order valence-electron chi connectivity index (χ0n) is 14.6. The number of methoxy groups -OCH3 is 1. The van der Waals surface area contributed by atoms with E-state index in [0.29, 0.717) is 5.88 Å². The van der Waals surface area contributed by atoms with Gasteiger partial charge in [-0.05, 0) is 43.7 Å². The van der Waals surface area contributed by atoms with Crippen LogP contribution in [-0.4, -0.2) is 47.2 Å². The second kappa shape index (κ2) is 6.17. The summed E-state index contributed by atoms with van der Waals surface area (Å²) in [7, 11) is 3.71. The van der Waals surface area contributed by atoms with E-state index in [4.69, 9.17) is 4.74 Å². The van der Waals surface area contributed by atoms with E-state index in [1.54, 1.807) is 7.11 Å². The van der Waals surface area contributed by atoms with Gasteiger partial charge in [0.1, 0.15) is 0 Å². The third kappa shape index (κ3) is 2.90. The van der Waals surface area contributed by atoms with Crippen LogP contribution in [0.4, 0.5) is 0 Å². The highest BCUT2D eigenvalue weighted by Gasteiger charge is 2.34. The number of fused-ring (bicyclic) bond motifs is 1. The van der Waals surface area contributed by atoms with Crippen molar-refractivity contribution in [3.63, 3.8) is 0 Å². The second-order valence-electron chi connectivity index (χ2n) is 6.89. The molecule has 3 aromatic rings. The molecule has 0 amide bonds. The zero-order valence-corrected chi connectivity index (χ0v) is 14.6. The average Bonchev–Trinajstić information content (AvgIpc) is 3.08. The fourth-order valence-electron chi connectivity index (χ4n) is 3.61. The van der Waals surface area contributed by atoms with Gasteiger partial charge < -0.3 is 19.7 Å². The van der Waals surface area contributed by atoms with Crippen LogP contribution in [0.3, 0.4) is 0 Å². The summed E-state index contributed by atoms with van der Waals surface area (Å²) in [4.78, 5) is 9.86. The monoisotopic (exact) mass is 337 g/mol. The number of aromatic amines is 1.